The quantitative estimate of drug-likeness (QED) is 0.0778. The van der Waals surface area contributed by atoms with Gasteiger partial charge in [0.2, 0.25) is 5.83 Å². The fourth-order valence-electron chi connectivity index (χ4n) is 2.93. The first-order valence-corrected chi connectivity index (χ1v) is 11.5. The van der Waals surface area contributed by atoms with E-state index in [4.69, 9.17) is 0 Å². The number of esters is 2. The second-order valence-corrected chi connectivity index (χ2v) is 8.69. The van der Waals surface area contributed by atoms with Crippen LogP contribution in [0.25, 0.3) is 0 Å². The Morgan fingerprint density at radius 3 is 1.35 bits per heavy atom. The van der Waals surface area contributed by atoms with Crippen molar-refractivity contribution >= 4 is 11.9 Å². The summed E-state index contributed by atoms with van der Waals surface area (Å²) in [6, 6.07) is -3.13. The summed E-state index contributed by atoms with van der Waals surface area (Å²) in [5.41, 5.74) is -1.89. The Hall–Kier alpha value is -4.15. The molecule has 1 aromatic rings. The zero-order chi connectivity index (χ0) is 38.1. The van der Waals surface area contributed by atoms with Gasteiger partial charge in [0.1, 0.15) is 19.0 Å². The summed E-state index contributed by atoms with van der Waals surface area (Å²) >= 11 is 0. The van der Waals surface area contributed by atoms with Crippen LogP contribution in [0.3, 0.4) is 0 Å². The first kappa shape index (κ1) is 41.9. The Morgan fingerprint density at radius 2 is 0.958 bits per heavy atom. The zero-order valence-electron chi connectivity index (χ0n) is 22.4. The van der Waals surface area contributed by atoms with Crippen LogP contribution in [0, 0.1) is 0 Å². The molecule has 0 N–H and O–H groups in total. The molecule has 0 heterocycles. The van der Waals surface area contributed by atoms with Crippen LogP contribution in [0.15, 0.2) is 55.3 Å². The van der Waals surface area contributed by atoms with Gasteiger partial charge in [-0.2, -0.15) is 83.4 Å². The summed E-state index contributed by atoms with van der Waals surface area (Å²) in [6.45, 7) is 5.14. The number of allylic oxidation sites excluding steroid dienone is 1. The van der Waals surface area contributed by atoms with Gasteiger partial charge in [-0.05, 0) is 18.2 Å². The molecule has 0 aromatic heterocycles. The summed E-state index contributed by atoms with van der Waals surface area (Å²) in [5, 5.41) is 0. The highest BCUT2D eigenvalue weighted by atomic mass is 19.4. The van der Waals surface area contributed by atoms with Crippen LogP contribution in [0.5, 0.6) is 5.75 Å². The summed E-state index contributed by atoms with van der Waals surface area (Å²) in [7, 11) is 0. The third-order valence-electron chi connectivity index (χ3n) is 5.47. The van der Waals surface area contributed by atoms with Gasteiger partial charge in [0.05, 0.1) is 11.1 Å². The van der Waals surface area contributed by atoms with Crippen molar-refractivity contribution in [1.82, 2.24) is 0 Å². The van der Waals surface area contributed by atoms with Gasteiger partial charge >= 0.3 is 65.6 Å². The van der Waals surface area contributed by atoms with Gasteiger partial charge in [0.25, 0.3) is 0 Å². The molecule has 48 heavy (non-hydrogen) atoms. The van der Waals surface area contributed by atoms with Crippen LogP contribution in [0.4, 0.5) is 83.4 Å². The molecule has 5 nitrogen and oxygen atoms in total. The van der Waals surface area contributed by atoms with Crippen molar-refractivity contribution < 1.29 is 107 Å². The van der Waals surface area contributed by atoms with E-state index in [-0.39, 0.29) is 12.1 Å². The highest BCUT2D eigenvalue weighted by molar-refractivity contribution is 6.03. The second kappa shape index (κ2) is 13.4. The van der Waals surface area contributed by atoms with E-state index in [0.717, 1.165) is 12.2 Å². The number of benzene rings is 1. The Morgan fingerprint density at radius 1 is 0.583 bits per heavy atom. The molecule has 0 atom stereocenters. The van der Waals surface area contributed by atoms with Gasteiger partial charge in [-0.3, -0.25) is 0 Å². The van der Waals surface area contributed by atoms with Crippen molar-refractivity contribution in [1.29, 1.82) is 0 Å². The minimum absolute atomic E-state index is 0.0886. The highest BCUT2D eigenvalue weighted by Crippen LogP contribution is 2.64. The average Bonchev–Trinajstić information content (AvgIpc) is 2.96. The number of halogens is 19. The molecule has 0 fully saturated rings. The molecule has 1 rings (SSSR count). The molecule has 272 valence electrons. The number of rotatable bonds is 15. The van der Waals surface area contributed by atoms with Crippen LogP contribution in [0.2, 0.25) is 0 Å². The maximum Gasteiger partial charge on any atom is 0.460 e. The van der Waals surface area contributed by atoms with Crippen molar-refractivity contribution in [2.45, 2.75) is 47.6 Å². The number of alkyl halides is 17. The molecule has 0 unspecified atom stereocenters. The molecule has 0 bridgehead atoms. The van der Waals surface area contributed by atoms with Crippen LogP contribution in [0.1, 0.15) is 20.7 Å². The lowest BCUT2D eigenvalue weighted by Gasteiger charge is -2.42. The van der Waals surface area contributed by atoms with Crippen LogP contribution < -0.4 is 4.74 Å². The Kier molecular flexibility index (Phi) is 11.7. The maximum absolute atomic E-state index is 14.2. The normalized spacial score (nSPS) is 14.6. The minimum Gasteiger partial charge on any atom is -0.458 e. The van der Waals surface area contributed by atoms with E-state index in [9.17, 15) is 93.0 Å². The third-order valence-corrected chi connectivity index (χ3v) is 5.47. The maximum atomic E-state index is 14.2. The number of carbonyl (C=O) groups excluding carboxylic acids is 2. The van der Waals surface area contributed by atoms with Gasteiger partial charge in [0, 0.05) is 0 Å². The third kappa shape index (κ3) is 6.73. The molecule has 24 heteroatoms. The molecule has 0 amide bonds. The van der Waals surface area contributed by atoms with Crippen LogP contribution >= 0.6 is 0 Å². The minimum atomic E-state index is -9.03. The average molecular weight is 742 g/mol. The fourth-order valence-corrected chi connectivity index (χ4v) is 2.93. The molecule has 0 aliphatic carbocycles. The van der Waals surface area contributed by atoms with Crippen LogP contribution in [-0.2, 0) is 9.47 Å². The highest BCUT2D eigenvalue weighted by Gasteiger charge is 2.95. The standard InChI is InChI=1S/C24H13F19O5/c1-3-7-46-15(44)11-6-5-10(9-12(11)16(45)47-8-4-2)48-14(26)13(25)17(27,28)18(29,30)19(31,32)20(33,34)21(35,36)22(37,38)23(39,40)24(41,42)43/h3-6,9H,1-2,7-8H2. The Bertz CT molecular complexity index is 1430. The van der Waals surface area contributed by atoms with Crippen molar-refractivity contribution in [3.05, 3.63) is 66.5 Å². The topological polar surface area (TPSA) is 61.8 Å². The number of hydrogen-bond acceptors (Lipinski definition) is 5. The van der Waals surface area contributed by atoms with Crippen molar-refractivity contribution in [3.8, 4) is 5.75 Å². The monoisotopic (exact) mass is 742 g/mol. The molecule has 0 spiro atoms. The molecule has 0 saturated heterocycles. The first-order valence-electron chi connectivity index (χ1n) is 11.5. The van der Waals surface area contributed by atoms with E-state index in [0.29, 0.717) is 6.07 Å². The first-order chi connectivity index (χ1) is 21.4. The summed E-state index contributed by atoms with van der Waals surface area (Å²) < 4.78 is 269. The predicted molar refractivity (Wildman–Crippen MR) is 118 cm³/mol. The number of carbonyl (C=O) groups is 2. The van der Waals surface area contributed by atoms with E-state index in [1.54, 1.807) is 0 Å². The molecular formula is C24H13F19O5. The molecular weight excluding hydrogens is 729 g/mol. The van der Waals surface area contributed by atoms with Gasteiger partial charge in [-0.15, -0.1) is 0 Å². The van der Waals surface area contributed by atoms with E-state index < -0.39 is 102 Å². The van der Waals surface area contributed by atoms with Crippen molar-refractivity contribution in [3.63, 3.8) is 0 Å². The van der Waals surface area contributed by atoms with E-state index in [1.165, 1.54) is 0 Å². The van der Waals surface area contributed by atoms with Gasteiger partial charge in [0.15, 0.2) is 0 Å². The van der Waals surface area contributed by atoms with Gasteiger partial charge in [-0.25, -0.2) is 9.59 Å². The van der Waals surface area contributed by atoms with Gasteiger partial charge < -0.3 is 14.2 Å². The second-order valence-electron chi connectivity index (χ2n) is 8.69. The lowest BCUT2D eigenvalue weighted by molar-refractivity contribution is -0.460. The summed E-state index contributed by atoms with van der Waals surface area (Å²) in [4.78, 5) is 24.3. The molecule has 0 aliphatic heterocycles. The lowest BCUT2D eigenvalue weighted by Crippen LogP contribution is -2.74. The van der Waals surface area contributed by atoms with Crippen molar-refractivity contribution in [2.24, 2.45) is 0 Å². The van der Waals surface area contributed by atoms with Crippen molar-refractivity contribution in [2.75, 3.05) is 13.2 Å². The number of hydrogen-bond donors (Lipinski definition) is 0. The number of ether oxygens (including phenoxy) is 3. The lowest BCUT2D eigenvalue weighted by atomic mass is 9.88. The fraction of sp³-hybridized carbons (Fsp3) is 0.417. The molecule has 0 aliphatic rings. The SMILES string of the molecule is C=CCOC(=O)c1ccc(OC(F)=C(F)C(F)(F)C(F)(F)C(F)(F)C(F)(F)C(F)(F)C(F)(F)C(F)(F)C(F)(F)F)cc1C(=O)OCC=C. The summed E-state index contributed by atoms with van der Waals surface area (Å²) in [6.07, 6.45) is -6.06. The predicted octanol–water partition coefficient (Wildman–Crippen LogP) is 8.87. The largest absolute Gasteiger partial charge is 0.460 e. The Labute approximate surface area is 253 Å². The molecule has 0 radical (unpaired) electrons. The van der Waals surface area contributed by atoms with Crippen LogP contribution in [-0.4, -0.2) is 72.8 Å². The molecule has 0 saturated carbocycles. The van der Waals surface area contributed by atoms with Gasteiger partial charge in [-0.1, -0.05) is 25.3 Å². The smallest absolute Gasteiger partial charge is 0.458 e. The van der Waals surface area contributed by atoms with E-state index in [2.05, 4.69) is 27.4 Å². The Balaban J connectivity index is 3.72. The van der Waals surface area contributed by atoms with E-state index in [1.807, 2.05) is 0 Å². The van der Waals surface area contributed by atoms with E-state index >= 15 is 0 Å². The molecule has 1 aromatic carbocycles. The summed E-state index contributed by atoms with van der Waals surface area (Å²) in [5.74, 6) is -69.8. The zero-order valence-corrected chi connectivity index (χ0v) is 22.4.